The van der Waals surface area contributed by atoms with E-state index in [1.165, 1.54) is 12.8 Å². The predicted octanol–water partition coefficient (Wildman–Crippen LogP) is 2.13. The van der Waals surface area contributed by atoms with Gasteiger partial charge in [0.1, 0.15) is 5.82 Å². The maximum Gasteiger partial charge on any atom is 0.248 e. The Hall–Kier alpha value is -2.43. The lowest BCUT2D eigenvalue weighted by Gasteiger charge is -2.09. The van der Waals surface area contributed by atoms with Gasteiger partial charge >= 0.3 is 0 Å². The minimum Gasteiger partial charge on any atom is -0.367 e. The summed E-state index contributed by atoms with van der Waals surface area (Å²) >= 11 is 0. The first-order valence-electron chi connectivity index (χ1n) is 6.64. The molecule has 102 valence electrons. The molecule has 1 heterocycles. The zero-order valence-electron chi connectivity index (χ0n) is 11.3. The van der Waals surface area contributed by atoms with E-state index < -0.39 is 5.91 Å². The predicted molar refractivity (Wildman–Crippen MR) is 77.4 cm³/mol. The van der Waals surface area contributed by atoms with Crippen molar-refractivity contribution in [1.29, 1.82) is 0 Å². The van der Waals surface area contributed by atoms with Crippen molar-refractivity contribution in [2.75, 3.05) is 5.32 Å². The number of carbonyl (C=O) groups excluding carboxylic acids is 1. The third-order valence-electron chi connectivity index (χ3n) is 3.32. The van der Waals surface area contributed by atoms with Gasteiger partial charge in [-0.05, 0) is 31.9 Å². The molecule has 1 aliphatic rings. The Labute approximate surface area is 117 Å². The van der Waals surface area contributed by atoms with Gasteiger partial charge < -0.3 is 11.1 Å². The quantitative estimate of drug-likeness (QED) is 0.890. The van der Waals surface area contributed by atoms with Crippen molar-refractivity contribution >= 4 is 11.7 Å². The molecule has 1 aliphatic carbocycles. The van der Waals surface area contributed by atoms with Crippen LogP contribution in [-0.2, 0) is 0 Å². The zero-order valence-corrected chi connectivity index (χ0v) is 11.3. The number of aromatic nitrogens is 2. The number of hydrogen-bond donors (Lipinski definition) is 2. The molecule has 0 aliphatic heterocycles. The molecular weight excluding hydrogens is 252 g/mol. The van der Waals surface area contributed by atoms with Gasteiger partial charge in [0.15, 0.2) is 5.82 Å². The van der Waals surface area contributed by atoms with Crippen LogP contribution in [0, 0.1) is 6.92 Å². The van der Waals surface area contributed by atoms with E-state index in [2.05, 4.69) is 15.3 Å². The molecular formula is C15H16N4O. The molecule has 0 spiro atoms. The molecule has 1 fully saturated rings. The Balaban J connectivity index is 1.90. The number of anilines is 1. The van der Waals surface area contributed by atoms with Crippen LogP contribution in [0.3, 0.4) is 0 Å². The first kappa shape index (κ1) is 12.6. The average molecular weight is 268 g/mol. The van der Waals surface area contributed by atoms with E-state index in [1.54, 1.807) is 12.1 Å². The molecule has 1 aromatic carbocycles. The fourth-order valence-corrected chi connectivity index (χ4v) is 1.93. The number of hydrogen-bond acceptors (Lipinski definition) is 4. The summed E-state index contributed by atoms with van der Waals surface area (Å²) in [6, 6.07) is 7.55. The van der Waals surface area contributed by atoms with Crippen molar-refractivity contribution in [3.63, 3.8) is 0 Å². The third-order valence-corrected chi connectivity index (χ3v) is 3.32. The summed E-state index contributed by atoms with van der Waals surface area (Å²) < 4.78 is 0. The lowest BCUT2D eigenvalue weighted by Crippen LogP contribution is -2.10. The highest BCUT2D eigenvalue weighted by Gasteiger charge is 2.22. The standard InChI is InChI=1S/C15H16N4O/c1-9-8-17-15(19-14(9)18-12-6-7-12)11-4-2-10(3-5-11)13(16)20/h2-5,8,12H,6-7H2,1H3,(H2,16,20)(H,17,18,19). The van der Waals surface area contributed by atoms with Gasteiger partial charge in [0, 0.05) is 28.9 Å². The SMILES string of the molecule is Cc1cnc(-c2ccc(C(N)=O)cc2)nc1NC1CC1. The molecule has 2 aromatic rings. The summed E-state index contributed by atoms with van der Waals surface area (Å²) in [4.78, 5) is 20.0. The lowest BCUT2D eigenvalue weighted by atomic mass is 10.1. The summed E-state index contributed by atoms with van der Waals surface area (Å²) in [5.74, 6) is 1.10. The van der Waals surface area contributed by atoms with Gasteiger partial charge in [0.25, 0.3) is 0 Å². The number of carbonyl (C=O) groups is 1. The molecule has 5 heteroatoms. The monoisotopic (exact) mass is 268 g/mol. The van der Waals surface area contributed by atoms with Gasteiger partial charge in [-0.1, -0.05) is 12.1 Å². The maximum absolute atomic E-state index is 11.1. The zero-order chi connectivity index (χ0) is 14.1. The largest absolute Gasteiger partial charge is 0.367 e. The summed E-state index contributed by atoms with van der Waals surface area (Å²) in [6.07, 6.45) is 4.22. The molecule has 0 radical (unpaired) electrons. The van der Waals surface area contributed by atoms with Crippen LogP contribution in [0.25, 0.3) is 11.4 Å². The smallest absolute Gasteiger partial charge is 0.248 e. The molecule has 0 bridgehead atoms. The second-order valence-corrected chi connectivity index (χ2v) is 5.09. The fourth-order valence-electron chi connectivity index (χ4n) is 1.93. The molecule has 0 atom stereocenters. The molecule has 1 saturated carbocycles. The lowest BCUT2D eigenvalue weighted by molar-refractivity contribution is 0.100. The van der Waals surface area contributed by atoms with Gasteiger partial charge in [-0.3, -0.25) is 4.79 Å². The topological polar surface area (TPSA) is 80.9 Å². The van der Waals surface area contributed by atoms with Crippen molar-refractivity contribution in [2.45, 2.75) is 25.8 Å². The van der Waals surface area contributed by atoms with Crippen LogP contribution in [0.2, 0.25) is 0 Å². The number of nitrogens with zero attached hydrogens (tertiary/aromatic N) is 2. The Morgan fingerprint density at radius 3 is 2.60 bits per heavy atom. The van der Waals surface area contributed by atoms with Gasteiger partial charge in [-0.25, -0.2) is 9.97 Å². The van der Waals surface area contributed by atoms with Crippen LogP contribution in [-0.4, -0.2) is 21.9 Å². The van der Waals surface area contributed by atoms with Crippen molar-refractivity contribution in [1.82, 2.24) is 9.97 Å². The van der Waals surface area contributed by atoms with Crippen LogP contribution < -0.4 is 11.1 Å². The highest BCUT2D eigenvalue weighted by molar-refractivity contribution is 5.93. The van der Waals surface area contributed by atoms with Crippen LogP contribution in [0.15, 0.2) is 30.5 Å². The van der Waals surface area contributed by atoms with Gasteiger partial charge in [0.2, 0.25) is 5.91 Å². The van der Waals surface area contributed by atoms with Crippen molar-refractivity contribution < 1.29 is 4.79 Å². The minimum atomic E-state index is -0.433. The number of nitrogens with one attached hydrogen (secondary N) is 1. The van der Waals surface area contributed by atoms with E-state index in [0.29, 0.717) is 17.4 Å². The Bertz CT molecular complexity index is 647. The van der Waals surface area contributed by atoms with Crippen molar-refractivity contribution in [2.24, 2.45) is 5.73 Å². The van der Waals surface area contributed by atoms with Gasteiger partial charge in [-0.15, -0.1) is 0 Å². The van der Waals surface area contributed by atoms with Crippen molar-refractivity contribution in [3.05, 3.63) is 41.6 Å². The van der Waals surface area contributed by atoms with E-state index >= 15 is 0 Å². The van der Waals surface area contributed by atoms with Gasteiger partial charge in [-0.2, -0.15) is 0 Å². The fraction of sp³-hybridized carbons (Fsp3) is 0.267. The number of amides is 1. The van der Waals surface area contributed by atoms with Crippen LogP contribution in [0.1, 0.15) is 28.8 Å². The second kappa shape index (κ2) is 4.92. The number of nitrogens with two attached hydrogens (primary N) is 1. The normalized spacial score (nSPS) is 14.1. The summed E-state index contributed by atoms with van der Waals surface area (Å²) in [5.41, 5.74) is 7.62. The van der Waals surface area contributed by atoms with E-state index in [0.717, 1.165) is 16.9 Å². The van der Waals surface area contributed by atoms with Gasteiger partial charge in [0.05, 0.1) is 0 Å². The molecule has 3 rings (SSSR count). The summed E-state index contributed by atoms with van der Waals surface area (Å²) in [6.45, 7) is 1.99. The van der Waals surface area contributed by atoms with E-state index in [1.807, 2.05) is 25.3 Å². The van der Waals surface area contributed by atoms with E-state index in [9.17, 15) is 4.79 Å². The molecule has 0 unspecified atom stereocenters. The first-order valence-corrected chi connectivity index (χ1v) is 6.64. The molecule has 5 nitrogen and oxygen atoms in total. The minimum absolute atomic E-state index is 0.433. The Kier molecular flexibility index (Phi) is 3.10. The number of benzene rings is 1. The number of aryl methyl sites for hydroxylation is 1. The summed E-state index contributed by atoms with van der Waals surface area (Å²) in [7, 11) is 0. The van der Waals surface area contributed by atoms with Crippen LogP contribution in [0.4, 0.5) is 5.82 Å². The highest BCUT2D eigenvalue weighted by atomic mass is 16.1. The average Bonchev–Trinajstić information content (AvgIpc) is 3.25. The second-order valence-electron chi connectivity index (χ2n) is 5.09. The maximum atomic E-state index is 11.1. The molecule has 1 amide bonds. The van der Waals surface area contributed by atoms with Crippen LogP contribution in [0.5, 0.6) is 0 Å². The molecule has 3 N–H and O–H groups in total. The molecule has 20 heavy (non-hydrogen) atoms. The Morgan fingerprint density at radius 2 is 2.00 bits per heavy atom. The molecule has 0 saturated heterocycles. The highest BCUT2D eigenvalue weighted by Crippen LogP contribution is 2.26. The van der Waals surface area contributed by atoms with Crippen molar-refractivity contribution in [3.8, 4) is 11.4 Å². The Morgan fingerprint density at radius 1 is 1.30 bits per heavy atom. The number of primary amides is 1. The first-order chi connectivity index (χ1) is 9.63. The third kappa shape index (κ3) is 2.61. The van der Waals surface area contributed by atoms with E-state index in [4.69, 9.17) is 5.73 Å². The number of rotatable bonds is 4. The van der Waals surface area contributed by atoms with E-state index in [-0.39, 0.29) is 0 Å². The summed E-state index contributed by atoms with van der Waals surface area (Å²) in [5, 5.41) is 3.40. The molecule has 1 aromatic heterocycles. The van der Waals surface area contributed by atoms with Crippen LogP contribution >= 0.6 is 0 Å².